The molecule has 5 nitrogen and oxygen atoms in total. The number of nitrogens with zero attached hydrogens (tertiary/aromatic N) is 4. The molecule has 0 unspecified atom stereocenters. The molecule has 0 aliphatic carbocycles. The molecule has 18 heavy (non-hydrogen) atoms. The molecular formula is C12H13N5S. The predicted octanol–water partition coefficient (Wildman–Crippen LogP) is 1.69. The monoisotopic (exact) mass is 259 g/mol. The number of aromatic nitrogens is 4. The van der Waals surface area contributed by atoms with Crippen molar-refractivity contribution in [3.8, 4) is 5.82 Å². The molecule has 0 aromatic carbocycles. The Bertz CT molecular complexity index is 685. The van der Waals surface area contributed by atoms with Crippen LogP contribution in [0.5, 0.6) is 0 Å². The van der Waals surface area contributed by atoms with Gasteiger partial charge >= 0.3 is 0 Å². The van der Waals surface area contributed by atoms with Crippen LogP contribution in [0.1, 0.15) is 10.7 Å². The quantitative estimate of drug-likeness (QED) is 0.777. The summed E-state index contributed by atoms with van der Waals surface area (Å²) in [5, 5.41) is 1.07. The van der Waals surface area contributed by atoms with E-state index in [1.165, 1.54) is 4.88 Å². The van der Waals surface area contributed by atoms with Crippen LogP contribution in [0.3, 0.4) is 0 Å². The highest BCUT2D eigenvalue weighted by molar-refractivity contribution is 7.18. The fourth-order valence-electron chi connectivity index (χ4n) is 2.00. The maximum atomic E-state index is 5.60. The number of nitrogens with two attached hydrogens (primary N) is 1. The topological polar surface area (TPSA) is 69.6 Å². The first-order valence-corrected chi connectivity index (χ1v) is 6.55. The van der Waals surface area contributed by atoms with Crippen molar-refractivity contribution in [2.24, 2.45) is 5.73 Å². The van der Waals surface area contributed by atoms with Gasteiger partial charge in [-0.2, -0.15) is 0 Å². The summed E-state index contributed by atoms with van der Waals surface area (Å²) in [6.45, 7) is 2.65. The van der Waals surface area contributed by atoms with Gasteiger partial charge in [0.05, 0.1) is 5.39 Å². The summed E-state index contributed by atoms with van der Waals surface area (Å²) in [5.74, 6) is 1.81. The summed E-state index contributed by atoms with van der Waals surface area (Å²) >= 11 is 1.67. The summed E-state index contributed by atoms with van der Waals surface area (Å²) in [5.41, 5.74) is 5.60. The first-order chi connectivity index (χ1) is 8.79. The largest absolute Gasteiger partial charge is 0.330 e. The van der Waals surface area contributed by atoms with Gasteiger partial charge < -0.3 is 5.73 Å². The Hall–Kier alpha value is -1.79. The van der Waals surface area contributed by atoms with E-state index in [1.54, 1.807) is 23.9 Å². The van der Waals surface area contributed by atoms with Gasteiger partial charge in [-0.25, -0.2) is 15.0 Å². The van der Waals surface area contributed by atoms with E-state index in [4.69, 9.17) is 5.73 Å². The number of hydrogen-bond acceptors (Lipinski definition) is 5. The van der Waals surface area contributed by atoms with E-state index >= 15 is 0 Å². The molecule has 0 amide bonds. The Balaban J connectivity index is 2.21. The van der Waals surface area contributed by atoms with Gasteiger partial charge in [-0.1, -0.05) is 0 Å². The van der Waals surface area contributed by atoms with Crippen molar-refractivity contribution in [3.63, 3.8) is 0 Å². The summed E-state index contributed by atoms with van der Waals surface area (Å²) in [7, 11) is 0. The fraction of sp³-hybridized carbons (Fsp3) is 0.250. The molecule has 0 fully saturated rings. The lowest BCUT2D eigenvalue weighted by molar-refractivity contribution is 0.825. The smallest absolute Gasteiger partial charge is 0.150 e. The molecule has 3 aromatic heterocycles. The van der Waals surface area contributed by atoms with Crippen LogP contribution in [0.4, 0.5) is 0 Å². The Kier molecular flexibility index (Phi) is 2.81. The van der Waals surface area contributed by atoms with E-state index in [0.29, 0.717) is 6.54 Å². The van der Waals surface area contributed by atoms with Gasteiger partial charge in [-0.15, -0.1) is 11.3 Å². The van der Waals surface area contributed by atoms with E-state index in [-0.39, 0.29) is 0 Å². The Labute approximate surface area is 108 Å². The van der Waals surface area contributed by atoms with Crippen molar-refractivity contribution in [3.05, 3.63) is 35.5 Å². The average Bonchev–Trinajstić information content (AvgIpc) is 2.94. The van der Waals surface area contributed by atoms with Gasteiger partial charge in [0.1, 0.15) is 22.8 Å². The highest BCUT2D eigenvalue weighted by atomic mass is 32.1. The zero-order valence-electron chi connectivity index (χ0n) is 10.00. The summed E-state index contributed by atoms with van der Waals surface area (Å²) in [4.78, 5) is 15.2. The van der Waals surface area contributed by atoms with Crippen molar-refractivity contribution in [2.45, 2.75) is 13.3 Å². The predicted molar refractivity (Wildman–Crippen MR) is 72.0 cm³/mol. The van der Waals surface area contributed by atoms with Crippen molar-refractivity contribution in [2.75, 3.05) is 6.54 Å². The van der Waals surface area contributed by atoms with E-state index < -0.39 is 0 Å². The third-order valence-corrected chi connectivity index (χ3v) is 3.70. The molecule has 3 heterocycles. The van der Waals surface area contributed by atoms with Crippen LogP contribution in [0, 0.1) is 6.92 Å². The third kappa shape index (κ3) is 1.79. The van der Waals surface area contributed by atoms with Crippen molar-refractivity contribution < 1.29 is 0 Å². The average molecular weight is 259 g/mol. The molecule has 6 heteroatoms. The third-order valence-electron chi connectivity index (χ3n) is 2.75. The van der Waals surface area contributed by atoms with Crippen LogP contribution in [0.25, 0.3) is 16.0 Å². The molecule has 0 spiro atoms. The lowest BCUT2D eigenvalue weighted by Gasteiger charge is -2.06. The molecule has 3 rings (SSSR count). The highest BCUT2D eigenvalue weighted by Gasteiger charge is 2.11. The number of imidazole rings is 1. The molecular weight excluding hydrogens is 246 g/mol. The Morgan fingerprint density at radius 2 is 2.22 bits per heavy atom. The molecule has 3 aromatic rings. The molecule has 92 valence electrons. The highest BCUT2D eigenvalue weighted by Crippen LogP contribution is 2.27. The Morgan fingerprint density at radius 1 is 1.33 bits per heavy atom. The molecule has 0 aliphatic heterocycles. The molecule has 0 saturated heterocycles. The van der Waals surface area contributed by atoms with E-state index in [2.05, 4.69) is 27.9 Å². The second-order valence-corrected chi connectivity index (χ2v) is 5.26. The maximum Gasteiger partial charge on any atom is 0.150 e. The van der Waals surface area contributed by atoms with Gasteiger partial charge in [0, 0.05) is 23.7 Å². The number of thiophene rings is 1. The molecule has 0 atom stereocenters. The lowest BCUT2D eigenvalue weighted by Crippen LogP contribution is -2.09. The number of rotatable bonds is 3. The van der Waals surface area contributed by atoms with Gasteiger partial charge in [-0.05, 0) is 19.5 Å². The SMILES string of the molecule is Cc1cc2c(-n3ccnc3CCN)ncnc2s1. The van der Waals surface area contributed by atoms with E-state index in [0.717, 1.165) is 28.3 Å². The molecule has 0 bridgehead atoms. The summed E-state index contributed by atoms with van der Waals surface area (Å²) in [6, 6.07) is 2.11. The zero-order chi connectivity index (χ0) is 12.5. The molecule has 0 radical (unpaired) electrons. The van der Waals surface area contributed by atoms with Crippen LogP contribution >= 0.6 is 11.3 Å². The van der Waals surface area contributed by atoms with Crippen molar-refractivity contribution in [1.29, 1.82) is 0 Å². The number of fused-ring (bicyclic) bond motifs is 1. The van der Waals surface area contributed by atoms with E-state index in [1.807, 2.05) is 10.8 Å². The molecule has 0 saturated carbocycles. The minimum Gasteiger partial charge on any atom is -0.330 e. The number of aryl methyl sites for hydroxylation is 1. The van der Waals surface area contributed by atoms with Crippen molar-refractivity contribution in [1.82, 2.24) is 19.5 Å². The van der Waals surface area contributed by atoms with Crippen LogP contribution in [-0.4, -0.2) is 26.1 Å². The second kappa shape index (κ2) is 4.47. The number of hydrogen-bond donors (Lipinski definition) is 1. The second-order valence-electron chi connectivity index (χ2n) is 4.03. The van der Waals surface area contributed by atoms with Crippen LogP contribution in [-0.2, 0) is 6.42 Å². The van der Waals surface area contributed by atoms with Crippen LogP contribution < -0.4 is 5.73 Å². The maximum absolute atomic E-state index is 5.60. The van der Waals surface area contributed by atoms with Gasteiger partial charge in [0.2, 0.25) is 0 Å². The standard InChI is InChI=1S/C12H13N5S/c1-8-6-9-11(15-7-16-12(9)18-8)17-5-4-14-10(17)2-3-13/h4-7H,2-3,13H2,1H3. The lowest BCUT2D eigenvalue weighted by atomic mass is 10.3. The molecule has 0 aliphatic rings. The zero-order valence-corrected chi connectivity index (χ0v) is 10.8. The van der Waals surface area contributed by atoms with Crippen molar-refractivity contribution >= 4 is 21.6 Å². The first kappa shape index (κ1) is 11.3. The summed E-state index contributed by atoms with van der Waals surface area (Å²) in [6.07, 6.45) is 6.03. The van der Waals surface area contributed by atoms with Crippen LogP contribution in [0.2, 0.25) is 0 Å². The van der Waals surface area contributed by atoms with Crippen LogP contribution in [0.15, 0.2) is 24.8 Å². The Morgan fingerprint density at radius 3 is 3.06 bits per heavy atom. The van der Waals surface area contributed by atoms with Gasteiger partial charge in [0.15, 0.2) is 0 Å². The normalized spacial score (nSPS) is 11.2. The first-order valence-electron chi connectivity index (χ1n) is 5.73. The minimum absolute atomic E-state index is 0.577. The summed E-state index contributed by atoms with van der Waals surface area (Å²) < 4.78 is 1.99. The van der Waals surface area contributed by atoms with Gasteiger partial charge in [-0.3, -0.25) is 4.57 Å². The minimum atomic E-state index is 0.577. The fourth-order valence-corrected chi connectivity index (χ4v) is 2.84. The van der Waals surface area contributed by atoms with E-state index in [9.17, 15) is 0 Å². The van der Waals surface area contributed by atoms with Gasteiger partial charge in [0.25, 0.3) is 0 Å². The molecule has 2 N–H and O–H groups in total.